The summed E-state index contributed by atoms with van der Waals surface area (Å²) >= 11 is 2.83. The summed E-state index contributed by atoms with van der Waals surface area (Å²) in [5, 5.41) is 13.7. The van der Waals surface area contributed by atoms with Gasteiger partial charge in [0.2, 0.25) is 0 Å². The van der Waals surface area contributed by atoms with Crippen LogP contribution in [-0.4, -0.2) is 28.2 Å². The van der Waals surface area contributed by atoms with Gasteiger partial charge in [-0.2, -0.15) is 0 Å². The predicted molar refractivity (Wildman–Crippen MR) is 83.2 cm³/mol. The van der Waals surface area contributed by atoms with Gasteiger partial charge < -0.3 is 10.4 Å². The van der Waals surface area contributed by atoms with Crippen molar-refractivity contribution in [3.8, 4) is 0 Å². The van der Waals surface area contributed by atoms with Gasteiger partial charge >= 0.3 is 5.97 Å². The number of thioether (sulfide) groups is 1. The number of rotatable bonds is 5. The molecule has 0 aliphatic carbocycles. The van der Waals surface area contributed by atoms with Crippen LogP contribution in [0.3, 0.4) is 0 Å². The number of nitrogens with zero attached hydrogens (tertiary/aromatic N) is 1. The molecule has 0 saturated heterocycles. The van der Waals surface area contributed by atoms with E-state index in [0.29, 0.717) is 10.6 Å². The second kappa shape index (κ2) is 6.73. The summed E-state index contributed by atoms with van der Waals surface area (Å²) in [7, 11) is 0. The average Bonchev–Trinajstić information content (AvgIpc) is 2.97. The van der Waals surface area contributed by atoms with Crippen molar-refractivity contribution >= 4 is 35.0 Å². The maximum Gasteiger partial charge on any atom is 0.355 e. The minimum absolute atomic E-state index is 0.000391. The van der Waals surface area contributed by atoms with Crippen LogP contribution >= 0.6 is 23.1 Å². The minimum atomic E-state index is -1.07. The molecule has 0 bridgehead atoms. The molecular weight excluding hydrogens is 308 g/mol. The van der Waals surface area contributed by atoms with E-state index >= 15 is 0 Å². The SMILES string of the molecule is CSc1ccc(C(=O)NC(C)c2nc(C(=O)O)cs2)cc1. The van der Waals surface area contributed by atoms with Crippen LogP contribution in [0.25, 0.3) is 0 Å². The number of hydrogen-bond acceptors (Lipinski definition) is 5. The van der Waals surface area contributed by atoms with Crippen LogP contribution < -0.4 is 5.32 Å². The molecular formula is C14H14N2O3S2. The zero-order valence-electron chi connectivity index (χ0n) is 11.5. The summed E-state index contributed by atoms with van der Waals surface area (Å²) in [4.78, 5) is 28.0. The molecule has 0 spiro atoms. The van der Waals surface area contributed by atoms with E-state index in [0.717, 1.165) is 4.90 Å². The monoisotopic (exact) mass is 322 g/mol. The molecule has 21 heavy (non-hydrogen) atoms. The van der Waals surface area contributed by atoms with E-state index in [4.69, 9.17) is 5.11 Å². The topological polar surface area (TPSA) is 79.3 Å². The predicted octanol–water partition coefficient (Wildman–Crippen LogP) is 3.05. The number of aromatic carboxylic acids is 1. The van der Waals surface area contributed by atoms with Crippen molar-refractivity contribution in [1.29, 1.82) is 0 Å². The zero-order chi connectivity index (χ0) is 15.4. The van der Waals surface area contributed by atoms with Crippen LogP contribution in [0.4, 0.5) is 0 Å². The Bertz CT molecular complexity index is 652. The summed E-state index contributed by atoms with van der Waals surface area (Å²) in [6.07, 6.45) is 1.97. The van der Waals surface area contributed by atoms with E-state index < -0.39 is 5.97 Å². The summed E-state index contributed by atoms with van der Waals surface area (Å²) in [6, 6.07) is 6.96. The smallest absolute Gasteiger partial charge is 0.355 e. The highest BCUT2D eigenvalue weighted by Gasteiger charge is 2.16. The Hall–Kier alpha value is -1.86. The van der Waals surface area contributed by atoms with Gasteiger partial charge in [-0.3, -0.25) is 4.79 Å². The Morgan fingerprint density at radius 2 is 2.00 bits per heavy atom. The minimum Gasteiger partial charge on any atom is -0.476 e. The number of hydrogen-bond donors (Lipinski definition) is 2. The lowest BCUT2D eigenvalue weighted by molar-refractivity contribution is 0.0691. The summed E-state index contributed by atoms with van der Waals surface area (Å²) in [6.45, 7) is 1.78. The lowest BCUT2D eigenvalue weighted by atomic mass is 10.2. The molecule has 2 N–H and O–H groups in total. The average molecular weight is 322 g/mol. The van der Waals surface area contributed by atoms with Gasteiger partial charge in [-0.1, -0.05) is 0 Å². The van der Waals surface area contributed by atoms with Crippen LogP contribution in [0.2, 0.25) is 0 Å². The fourth-order valence-electron chi connectivity index (χ4n) is 1.67. The fraction of sp³-hybridized carbons (Fsp3) is 0.214. The number of carbonyl (C=O) groups excluding carboxylic acids is 1. The summed E-state index contributed by atoms with van der Waals surface area (Å²) in [5.41, 5.74) is 0.565. The molecule has 1 atom stereocenters. The number of carboxylic acid groups (broad SMARTS) is 1. The molecule has 1 aromatic carbocycles. The number of carbonyl (C=O) groups is 2. The molecule has 5 nitrogen and oxygen atoms in total. The molecule has 0 aliphatic rings. The van der Waals surface area contributed by atoms with E-state index in [1.54, 1.807) is 30.8 Å². The van der Waals surface area contributed by atoms with Gasteiger partial charge in [-0.15, -0.1) is 23.1 Å². The molecule has 2 aromatic rings. The first-order valence-corrected chi connectivity index (χ1v) is 8.25. The number of carboxylic acids is 1. The van der Waals surface area contributed by atoms with Crippen LogP contribution in [0.1, 0.15) is 38.8 Å². The first-order valence-electron chi connectivity index (χ1n) is 6.15. The Morgan fingerprint density at radius 3 is 2.52 bits per heavy atom. The van der Waals surface area contributed by atoms with E-state index in [-0.39, 0.29) is 17.6 Å². The lowest BCUT2D eigenvalue weighted by Gasteiger charge is -2.11. The lowest BCUT2D eigenvalue weighted by Crippen LogP contribution is -2.26. The van der Waals surface area contributed by atoms with Crippen LogP contribution in [0, 0.1) is 0 Å². The number of thiazole rings is 1. The maximum absolute atomic E-state index is 12.1. The second-order valence-electron chi connectivity index (χ2n) is 4.30. The van der Waals surface area contributed by atoms with Crippen LogP contribution in [-0.2, 0) is 0 Å². The fourth-order valence-corrected chi connectivity index (χ4v) is 2.88. The van der Waals surface area contributed by atoms with Crippen molar-refractivity contribution in [2.45, 2.75) is 17.9 Å². The third-order valence-electron chi connectivity index (χ3n) is 2.81. The molecule has 1 unspecified atom stereocenters. The van der Waals surface area contributed by atoms with Crippen molar-refractivity contribution in [1.82, 2.24) is 10.3 Å². The van der Waals surface area contributed by atoms with E-state index in [1.165, 1.54) is 16.7 Å². The van der Waals surface area contributed by atoms with Gasteiger partial charge in [-0.25, -0.2) is 9.78 Å². The van der Waals surface area contributed by atoms with Crippen LogP contribution in [0.5, 0.6) is 0 Å². The van der Waals surface area contributed by atoms with E-state index in [2.05, 4.69) is 10.3 Å². The largest absolute Gasteiger partial charge is 0.476 e. The Morgan fingerprint density at radius 1 is 1.33 bits per heavy atom. The molecule has 0 radical (unpaired) electrons. The molecule has 0 aliphatic heterocycles. The Balaban J connectivity index is 2.05. The first kappa shape index (κ1) is 15.5. The summed E-state index contributed by atoms with van der Waals surface area (Å²) < 4.78 is 0. The van der Waals surface area contributed by atoms with Gasteiger partial charge in [0.25, 0.3) is 5.91 Å². The number of amides is 1. The van der Waals surface area contributed by atoms with E-state index in [9.17, 15) is 9.59 Å². The van der Waals surface area contributed by atoms with Gasteiger partial charge in [0.15, 0.2) is 5.69 Å². The molecule has 1 heterocycles. The van der Waals surface area contributed by atoms with Crippen molar-refractivity contribution in [2.24, 2.45) is 0 Å². The standard InChI is InChI=1S/C14H14N2O3S2/c1-8(13-16-11(7-21-13)14(18)19)15-12(17)9-3-5-10(20-2)6-4-9/h3-8H,1-2H3,(H,15,17)(H,18,19). The molecule has 110 valence electrons. The number of nitrogens with one attached hydrogen (secondary N) is 1. The summed E-state index contributed by atoms with van der Waals surface area (Å²) in [5.74, 6) is -1.27. The van der Waals surface area contributed by atoms with Gasteiger partial charge in [0.1, 0.15) is 5.01 Å². The van der Waals surface area contributed by atoms with Gasteiger partial charge in [-0.05, 0) is 37.4 Å². The highest BCUT2D eigenvalue weighted by atomic mass is 32.2. The van der Waals surface area contributed by atoms with Crippen molar-refractivity contribution in [3.05, 3.63) is 45.9 Å². The molecule has 0 saturated carbocycles. The zero-order valence-corrected chi connectivity index (χ0v) is 13.1. The molecule has 7 heteroatoms. The van der Waals surface area contributed by atoms with Gasteiger partial charge in [0, 0.05) is 15.8 Å². The van der Waals surface area contributed by atoms with E-state index in [1.807, 2.05) is 18.4 Å². The number of benzene rings is 1. The molecule has 1 amide bonds. The van der Waals surface area contributed by atoms with Crippen molar-refractivity contribution < 1.29 is 14.7 Å². The van der Waals surface area contributed by atoms with Crippen molar-refractivity contribution in [3.63, 3.8) is 0 Å². The normalized spacial score (nSPS) is 11.9. The third-order valence-corrected chi connectivity index (χ3v) is 4.58. The second-order valence-corrected chi connectivity index (χ2v) is 6.07. The maximum atomic E-state index is 12.1. The van der Waals surface area contributed by atoms with Crippen LogP contribution in [0.15, 0.2) is 34.5 Å². The molecule has 1 aromatic heterocycles. The number of aromatic nitrogens is 1. The van der Waals surface area contributed by atoms with Crippen molar-refractivity contribution in [2.75, 3.05) is 6.26 Å². The highest BCUT2D eigenvalue weighted by Crippen LogP contribution is 2.19. The third kappa shape index (κ3) is 3.83. The quantitative estimate of drug-likeness (QED) is 0.827. The Kier molecular flexibility index (Phi) is 4.98. The van der Waals surface area contributed by atoms with Gasteiger partial charge in [0.05, 0.1) is 6.04 Å². The highest BCUT2D eigenvalue weighted by molar-refractivity contribution is 7.98. The molecule has 2 rings (SSSR count). The Labute approximate surface area is 130 Å². The molecule has 0 fully saturated rings. The first-order chi connectivity index (χ1) is 10.0.